The highest BCUT2D eigenvalue weighted by molar-refractivity contribution is 7.13. The molecule has 1 fully saturated rings. The Balaban J connectivity index is 1.43. The number of hydrazine groups is 1. The fourth-order valence-corrected chi connectivity index (χ4v) is 4.55. The third-order valence-electron chi connectivity index (χ3n) is 5.33. The van der Waals surface area contributed by atoms with E-state index in [9.17, 15) is 9.59 Å². The number of morpholine rings is 1. The lowest BCUT2D eigenvalue weighted by molar-refractivity contribution is 0.0844. The molecule has 2 amide bonds. The van der Waals surface area contributed by atoms with Crippen LogP contribution in [0.5, 0.6) is 0 Å². The Morgan fingerprint density at radius 1 is 1.06 bits per heavy atom. The predicted octanol–water partition coefficient (Wildman–Crippen LogP) is 2.77. The predicted molar refractivity (Wildman–Crippen MR) is 120 cm³/mol. The number of hydrogen-bond donors (Lipinski definition) is 2. The van der Waals surface area contributed by atoms with Gasteiger partial charge in [-0.05, 0) is 38.5 Å². The molecule has 31 heavy (non-hydrogen) atoms. The van der Waals surface area contributed by atoms with Gasteiger partial charge < -0.3 is 14.2 Å². The van der Waals surface area contributed by atoms with Gasteiger partial charge in [-0.15, -0.1) is 11.3 Å². The number of aromatic nitrogens is 2. The zero-order valence-corrected chi connectivity index (χ0v) is 18.6. The molecule has 0 radical (unpaired) electrons. The Morgan fingerprint density at radius 3 is 2.52 bits per heavy atom. The number of benzene rings is 1. The third kappa shape index (κ3) is 4.33. The summed E-state index contributed by atoms with van der Waals surface area (Å²) in [7, 11) is 0. The molecule has 162 valence electrons. The second-order valence-corrected chi connectivity index (χ2v) is 8.27. The van der Waals surface area contributed by atoms with Crippen LogP contribution in [-0.2, 0) is 4.74 Å². The number of thiazole rings is 1. The van der Waals surface area contributed by atoms with Gasteiger partial charge in [-0.2, -0.15) is 0 Å². The summed E-state index contributed by atoms with van der Waals surface area (Å²) in [5.74, 6) is -0.818. The smallest absolute Gasteiger partial charge is 0.289 e. The van der Waals surface area contributed by atoms with Crippen LogP contribution in [0.2, 0.25) is 0 Å². The number of rotatable bonds is 4. The van der Waals surface area contributed by atoms with Crippen molar-refractivity contribution in [1.82, 2.24) is 20.4 Å². The van der Waals surface area contributed by atoms with E-state index in [1.54, 1.807) is 5.38 Å². The Morgan fingerprint density at radius 2 is 1.77 bits per heavy atom. The summed E-state index contributed by atoms with van der Waals surface area (Å²) in [6.07, 6.45) is 0. The van der Waals surface area contributed by atoms with Crippen molar-refractivity contribution in [3.05, 3.63) is 63.9 Å². The van der Waals surface area contributed by atoms with Gasteiger partial charge in [-0.25, -0.2) is 4.98 Å². The SMILES string of the molecule is Cc1ccccc1-n1c(C)cc(C(=O)NNC(=O)c2csc(N3CCOCC3)n2)c1C. The molecule has 0 atom stereocenters. The first-order chi connectivity index (χ1) is 15.0. The fraction of sp³-hybridized carbons (Fsp3) is 0.318. The Kier molecular flexibility index (Phi) is 6.06. The van der Waals surface area contributed by atoms with E-state index < -0.39 is 5.91 Å². The van der Waals surface area contributed by atoms with Gasteiger partial charge >= 0.3 is 0 Å². The van der Waals surface area contributed by atoms with E-state index in [1.165, 1.54) is 11.3 Å². The largest absolute Gasteiger partial charge is 0.378 e. The average molecular weight is 440 g/mol. The van der Waals surface area contributed by atoms with Crippen LogP contribution in [0.4, 0.5) is 5.13 Å². The van der Waals surface area contributed by atoms with Crippen LogP contribution < -0.4 is 15.8 Å². The number of nitrogens with one attached hydrogen (secondary N) is 2. The normalized spacial score (nSPS) is 13.8. The quantitative estimate of drug-likeness (QED) is 0.611. The van der Waals surface area contributed by atoms with Crippen molar-refractivity contribution in [3.8, 4) is 5.69 Å². The number of carbonyl (C=O) groups is 2. The number of ether oxygens (including phenoxy) is 1. The zero-order valence-electron chi connectivity index (χ0n) is 17.8. The molecule has 3 aromatic rings. The molecule has 9 heteroatoms. The van der Waals surface area contributed by atoms with Crippen molar-refractivity contribution in [2.75, 3.05) is 31.2 Å². The standard InChI is InChI=1S/C22H25N5O3S/c1-14-6-4-5-7-19(14)27-15(2)12-17(16(27)3)20(28)24-25-21(29)18-13-31-22(23-18)26-8-10-30-11-9-26/h4-7,12-13H,8-11H2,1-3H3,(H,24,28)(H,25,29). The van der Waals surface area contributed by atoms with Crippen molar-refractivity contribution in [2.45, 2.75) is 20.8 Å². The van der Waals surface area contributed by atoms with Crippen molar-refractivity contribution in [1.29, 1.82) is 0 Å². The van der Waals surface area contributed by atoms with Gasteiger partial charge in [0.15, 0.2) is 5.13 Å². The maximum absolute atomic E-state index is 12.8. The van der Waals surface area contributed by atoms with Crippen molar-refractivity contribution >= 4 is 28.3 Å². The molecule has 1 saturated heterocycles. The first-order valence-corrected chi connectivity index (χ1v) is 11.0. The molecule has 0 unspecified atom stereocenters. The van der Waals surface area contributed by atoms with Crippen LogP contribution in [0.15, 0.2) is 35.7 Å². The third-order valence-corrected chi connectivity index (χ3v) is 6.23. The van der Waals surface area contributed by atoms with E-state index >= 15 is 0 Å². The number of aryl methyl sites for hydroxylation is 2. The highest BCUT2D eigenvalue weighted by Crippen LogP contribution is 2.23. The summed E-state index contributed by atoms with van der Waals surface area (Å²) in [6, 6.07) is 9.84. The monoisotopic (exact) mass is 439 g/mol. The molecule has 0 bridgehead atoms. The summed E-state index contributed by atoms with van der Waals surface area (Å²) in [4.78, 5) is 31.7. The molecule has 0 aliphatic carbocycles. The fourth-order valence-electron chi connectivity index (χ4n) is 3.69. The molecule has 0 spiro atoms. The summed E-state index contributed by atoms with van der Waals surface area (Å²) >= 11 is 1.40. The maximum atomic E-state index is 12.8. The highest BCUT2D eigenvalue weighted by Gasteiger charge is 2.20. The minimum Gasteiger partial charge on any atom is -0.378 e. The Bertz CT molecular complexity index is 1110. The topological polar surface area (TPSA) is 88.5 Å². The number of nitrogens with zero attached hydrogens (tertiary/aromatic N) is 3. The summed E-state index contributed by atoms with van der Waals surface area (Å²) in [5.41, 5.74) is 9.66. The lowest BCUT2D eigenvalue weighted by Gasteiger charge is -2.25. The maximum Gasteiger partial charge on any atom is 0.289 e. The molecule has 0 saturated carbocycles. The molecule has 2 N–H and O–H groups in total. The van der Waals surface area contributed by atoms with Crippen molar-refractivity contribution in [2.24, 2.45) is 0 Å². The number of amides is 2. The molecule has 1 aromatic carbocycles. The van der Waals surface area contributed by atoms with Crippen molar-refractivity contribution < 1.29 is 14.3 Å². The summed E-state index contributed by atoms with van der Waals surface area (Å²) < 4.78 is 7.39. The van der Waals surface area contributed by atoms with Crippen LogP contribution in [0.1, 0.15) is 37.8 Å². The van der Waals surface area contributed by atoms with E-state index in [2.05, 4.69) is 20.7 Å². The van der Waals surface area contributed by atoms with Gasteiger partial charge in [-0.1, -0.05) is 18.2 Å². The zero-order chi connectivity index (χ0) is 22.0. The summed E-state index contributed by atoms with van der Waals surface area (Å²) in [5, 5.41) is 2.47. The Hall–Kier alpha value is -3.17. The molecule has 1 aliphatic rings. The van der Waals surface area contributed by atoms with Gasteiger partial charge in [0, 0.05) is 35.5 Å². The van der Waals surface area contributed by atoms with Gasteiger partial charge in [0.1, 0.15) is 5.69 Å². The summed E-state index contributed by atoms with van der Waals surface area (Å²) in [6.45, 7) is 8.69. The van der Waals surface area contributed by atoms with Gasteiger partial charge in [0.2, 0.25) is 0 Å². The number of para-hydroxylation sites is 1. The van der Waals surface area contributed by atoms with Crippen LogP contribution in [0.25, 0.3) is 5.69 Å². The van der Waals surface area contributed by atoms with E-state index in [0.717, 1.165) is 40.9 Å². The van der Waals surface area contributed by atoms with E-state index in [1.807, 2.05) is 55.7 Å². The Labute approximate surface area is 184 Å². The van der Waals surface area contributed by atoms with Gasteiger partial charge in [0.05, 0.1) is 18.8 Å². The first-order valence-electron chi connectivity index (χ1n) is 10.1. The molecule has 2 aromatic heterocycles. The highest BCUT2D eigenvalue weighted by atomic mass is 32.1. The lowest BCUT2D eigenvalue weighted by Crippen LogP contribution is -2.42. The second-order valence-electron chi connectivity index (χ2n) is 7.43. The molecule has 1 aliphatic heterocycles. The number of carbonyl (C=O) groups excluding carboxylic acids is 2. The van der Waals surface area contributed by atoms with E-state index in [-0.39, 0.29) is 11.6 Å². The average Bonchev–Trinajstić information content (AvgIpc) is 3.38. The molecule has 4 rings (SSSR count). The molecular formula is C22H25N5O3S. The van der Waals surface area contributed by atoms with E-state index in [4.69, 9.17) is 4.74 Å². The van der Waals surface area contributed by atoms with Gasteiger partial charge in [-0.3, -0.25) is 20.4 Å². The number of hydrogen-bond acceptors (Lipinski definition) is 6. The van der Waals surface area contributed by atoms with Crippen LogP contribution in [-0.4, -0.2) is 47.7 Å². The van der Waals surface area contributed by atoms with Crippen LogP contribution in [0.3, 0.4) is 0 Å². The molecule has 8 nitrogen and oxygen atoms in total. The first kappa shape index (κ1) is 21.1. The second kappa shape index (κ2) is 8.91. The van der Waals surface area contributed by atoms with E-state index in [0.29, 0.717) is 18.8 Å². The lowest BCUT2D eigenvalue weighted by atomic mass is 10.2. The minimum atomic E-state index is -0.447. The van der Waals surface area contributed by atoms with Crippen LogP contribution in [0, 0.1) is 20.8 Å². The molecular weight excluding hydrogens is 414 g/mol. The van der Waals surface area contributed by atoms with Crippen LogP contribution >= 0.6 is 11.3 Å². The van der Waals surface area contributed by atoms with Gasteiger partial charge in [0.25, 0.3) is 11.8 Å². The molecule has 3 heterocycles. The van der Waals surface area contributed by atoms with Crippen molar-refractivity contribution in [3.63, 3.8) is 0 Å². The number of anilines is 1. The minimum absolute atomic E-state index is 0.275.